The topological polar surface area (TPSA) is 97.6 Å². The van der Waals surface area contributed by atoms with Gasteiger partial charge in [-0.25, -0.2) is 14.4 Å². The third-order valence-corrected chi connectivity index (χ3v) is 5.01. The molecule has 0 unspecified atom stereocenters. The molecular weight excluding hydrogens is 393 g/mol. The van der Waals surface area contributed by atoms with Crippen molar-refractivity contribution in [1.82, 2.24) is 14.5 Å². The molecule has 0 saturated heterocycles. The van der Waals surface area contributed by atoms with Crippen LogP contribution in [-0.2, 0) is 6.54 Å². The van der Waals surface area contributed by atoms with Gasteiger partial charge >= 0.3 is 0 Å². The van der Waals surface area contributed by atoms with Crippen molar-refractivity contribution in [2.45, 2.75) is 13.5 Å². The van der Waals surface area contributed by atoms with E-state index in [9.17, 15) is 14.4 Å². The number of hydrogen-bond donors (Lipinski definition) is 1. The second kappa shape index (κ2) is 8.20. The fourth-order valence-electron chi connectivity index (χ4n) is 3.42. The van der Waals surface area contributed by atoms with Crippen LogP contribution in [0.4, 0.5) is 10.3 Å². The Hall–Kier alpha value is -4.31. The molecule has 4 aromatic rings. The molecule has 2 aromatic heterocycles. The van der Waals surface area contributed by atoms with Crippen LogP contribution in [0.3, 0.4) is 0 Å². The summed E-state index contributed by atoms with van der Waals surface area (Å²) < 4.78 is 14.9. The molecule has 7 heteroatoms. The summed E-state index contributed by atoms with van der Waals surface area (Å²) in [6, 6.07) is 18.6. The van der Waals surface area contributed by atoms with Crippen LogP contribution < -0.4 is 11.3 Å². The standard InChI is InChI=1S/C24H18FN5O/c1-15-18(13-26)5-3-7-20(15)22-12-21(28-24(27)29-22)17-8-9-30(23(31)11-17)14-16-4-2-6-19(25)10-16/h2-12H,14H2,1H3,(H2,27,28,29). The van der Waals surface area contributed by atoms with Crippen LogP contribution in [0.5, 0.6) is 0 Å². The predicted molar refractivity (Wildman–Crippen MR) is 117 cm³/mol. The minimum atomic E-state index is -0.345. The predicted octanol–water partition coefficient (Wildman–Crippen LogP) is 3.92. The quantitative estimate of drug-likeness (QED) is 0.549. The molecule has 2 N–H and O–H groups in total. The Labute approximate surface area is 178 Å². The van der Waals surface area contributed by atoms with Crippen molar-refractivity contribution in [1.29, 1.82) is 5.26 Å². The average Bonchev–Trinajstić information content (AvgIpc) is 2.75. The summed E-state index contributed by atoms with van der Waals surface area (Å²) in [4.78, 5) is 21.2. The van der Waals surface area contributed by atoms with Gasteiger partial charge in [0.05, 0.1) is 29.6 Å². The normalized spacial score (nSPS) is 10.6. The molecule has 31 heavy (non-hydrogen) atoms. The molecule has 0 fully saturated rings. The van der Waals surface area contributed by atoms with Gasteiger partial charge < -0.3 is 10.3 Å². The maximum Gasteiger partial charge on any atom is 0.251 e. The highest BCUT2D eigenvalue weighted by Crippen LogP contribution is 2.27. The number of rotatable bonds is 4. The number of anilines is 1. The second-order valence-electron chi connectivity index (χ2n) is 7.10. The van der Waals surface area contributed by atoms with Gasteiger partial charge in [-0.1, -0.05) is 24.3 Å². The molecule has 2 heterocycles. The van der Waals surface area contributed by atoms with Crippen LogP contribution in [0, 0.1) is 24.1 Å². The van der Waals surface area contributed by atoms with Gasteiger partial charge in [-0.05, 0) is 48.4 Å². The van der Waals surface area contributed by atoms with Gasteiger partial charge in [0.1, 0.15) is 5.82 Å². The first-order valence-corrected chi connectivity index (χ1v) is 9.54. The number of nitrogens with two attached hydrogens (primary N) is 1. The minimum Gasteiger partial charge on any atom is -0.368 e. The van der Waals surface area contributed by atoms with Gasteiger partial charge in [0, 0.05) is 23.4 Å². The van der Waals surface area contributed by atoms with E-state index >= 15 is 0 Å². The molecule has 0 saturated carbocycles. The molecule has 0 radical (unpaired) electrons. The Morgan fingerprint density at radius 1 is 1.06 bits per heavy atom. The zero-order valence-corrected chi connectivity index (χ0v) is 16.7. The zero-order chi connectivity index (χ0) is 22.0. The number of nitrogen functional groups attached to an aromatic ring is 1. The molecule has 2 aromatic carbocycles. The summed E-state index contributed by atoms with van der Waals surface area (Å²) in [5.74, 6) is -0.278. The van der Waals surface area contributed by atoms with E-state index in [0.717, 1.165) is 11.1 Å². The lowest BCUT2D eigenvalue weighted by Crippen LogP contribution is -2.19. The van der Waals surface area contributed by atoms with Crippen molar-refractivity contribution >= 4 is 5.95 Å². The molecule has 0 spiro atoms. The van der Waals surface area contributed by atoms with E-state index in [1.165, 1.54) is 22.8 Å². The van der Waals surface area contributed by atoms with E-state index in [-0.39, 0.29) is 23.9 Å². The minimum absolute atomic E-state index is 0.0678. The third kappa shape index (κ3) is 4.19. The Bertz CT molecular complexity index is 1390. The first-order chi connectivity index (χ1) is 14.9. The van der Waals surface area contributed by atoms with Crippen LogP contribution in [0.15, 0.2) is 71.7 Å². The van der Waals surface area contributed by atoms with E-state index in [4.69, 9.17) is 5.73 Å². The number of nitrogens with zero attached hydrogens (tertiary/aromatic N) is 4. The lowest BCUT2D eigenvalue weighted by Gasteiger charge is -2.11. The summed E-state index contributed by atoms with van der Waals surface area (Å²) in [5.41, 5.74) is 10.1. The molecule has 0 aliphatic carbocycles. The Morgan fingerprint density at radius 2 is 1.84 bits per heavy atom. The Balaban J connectivity index is 1.72. The third-order valence-electron chi connectivity index (χ3n) is 5.01. The summed E-state index contributed by atoms with van der Waals surface area (Å²) >= 11 is 0. The summed E-state index contributed by atoms with van der Waals surface area (Å²) in [7, 11) is 0. The number of nitriles is 1. The van der Waals surface area contributed by atoms with Crippen molar-refractivity contribution in [3.8, 4) is 28.6 Å². The van der Waals surface area contributed by atoms with Crippen LogP contribution in [-0.4, -0.2) is 14.5 Å². The number of pyridine rings is 1. The van der Waals surface area contributed by atoms with Gasteiger partial charge in [-0.2, -0.15) is 5.26 Å². The van der Waals surface area contributed by atoms with Gasteiger partial charge in [0.2, 0.25) is 5.95 Å². The van der Waals surface area contributed by atoms with E-state index in [1.807, 2.05) is 13.0 Å². The first kappa shape index (κ1) is 20.0. The van der Waals surface area contributed by atoms with Crippen LogP contribution in [0.1, 0.15) is 16.7 Å². The lowest BCUT2D eigenvalue weighted by molar-refractivity contribution is 0.623. The van der Waals surface area contributed by atoms with Gasteiger partial charge in [0.15, 0.2) is 0 Å². The second-order valence-corrected chi connectivity index (χ2v) is 7.10. The van der Waals surface area contributed by atoms with Crippen LogP contribution in [0.2, 0.25) is 0 Å². The number of aromatic nitrogens is 3. The van der Waals surface area contributed by atoms with Gasteiger partial charge in [-0.3, -0.25) is 4.79 Å². The zero-order valence-electron chi connectivity index (χ0n) is 16.7. The van der Waals surface area contributed by atoms with Gasteiger partial charge in [0.25, 0.3) is 5.56 Å². The van der Waals surface area contributed by atoms with E-state index in [0.29, 0.717) is 28.1 Å². The van der Waals surface area contributed by atoms with Crippen molar-refractivity contribution < 1.29 is 4.39 Å². The van der Waals surface area contributed by atoms with Crippen LogP contribution in [0.25, 0.3) is 22.5 Å². The highest BCUT2D eigenvalue weighted by molar-refractivity contribution is 5.72. The maximum absolute atomic E-state index is 13.4. The van der Waals surface area contributed by atoms with E-state index in [2.05, 4.69) is 16.0 Å². The molecule has 4 rings (SSSR count). The molecule has 0 bridgehead atoms. The fourth-order valence-corrected chi connectivity index (χ4v) is 3.42. The molecule has 0 atom stereocenters. The number of halogens is 1. The summed E-state index contributed by atoms with van der Waals surface area (Å²) in [5, 5.41) is 9.29. The largest absolute Gasteiger partial charge is 0.368 e. The highest BCUT2D eigenvalue weighted by atomic mass is 19.1. The summed E-state index contributed by atoms with van der Waals surface area (Å²) in [6.45, 7) is 2.10. The SMILES string of the molecule is Cc1c(C#N)cccc1-c1cc(-c2ccn(Cc3cccc(F)c3)c(=O)c2)nc(N)n1. The van der Waals surface area contributed by atoms with Crippen molar-refractivity contribution in [2.24, 2.45) is 0 Å². The summed E-state index contributed by atoms with van der Waals surface area (Å²) in [6.07, 6.45) is 1.64. The first-order valence-electron chi connectivity index (χ1n) is 9.54. The number of benzene rings is 2. The van der Waals surface area contributed by atoms with Crippen molar-refractivity contribution in [3.63, 3.8) is 0 Å². The molecular formula is C24H18FN5O. The molecule has 0 amide bonds. The van der Waals surface area contributed by atoms with E-state index < -0.39 is 0 Å². The molecule has 0 aliphatic rings. The lowest BCUT2D eigenvalue weighted by atomic mass is 9.99. The number of hydrogen-bond acceptors (Lipinski definition) is 5. The fraction of sp³-hybridized carbons (Fsp3) is 0.0833. The average molecular weight is 411 g/mol. The molecule has 6 nitrogen and oxygen atoms in total. The Morgan fingerprint density at radius 3 is 2.58 bits per heavy atom. The smallest absolute Gasteiger partial charge is 0.251 e. The highest BCUT2D eigenvalue weighted by Gasteiger charge is 2.12. The van der Waals surface area contributed by atoms with Crippen molar-refractivity contribution in [2.75, 3.05) is 5.73 Å². The van der Waals surface area contributed by atoms with E-state index in [1.54, 1.807) is 42.6 Å². The monoisotopic (exact) mass is 411 g/mol. The van der Waals surface area contributed by atoms with Crippen molar-refractivity contribution in [3.05, 3.63) is 99.7 Å². The van der Waals surface area contributed by atoms with Crippen LogP contribution >= 0.6 is 0 Å². The molecule has 152 valence electrons. The Kier molecular flexibility index (Phi) is 5.29. The maximum atomic E-state index is 13.4. The molecule has 0 aliphatic heterocycles. The van der Waals surface area contributed by atoms with Gasteiger partial charge in [-0.15, -0.1) is 0 Å².